The van der Waals surface area contributed by atoms with Crippen LogP contribution >= 0.6 is 11.6 Å². The third kappa shape index (κ3) is 2.32. The van der Waals surface area contributed by atoms with Gasteiger partial charge in [0.1, 0.15) is 17.5 Å². The zero-order valence-electron chi connectivity index (χ0n) is 14.5. The molecule has 0 saturated carbocycles. The molecule has 26 heavy (non-hydrogen) atoms. The van der Waals surface area contributed by atoms with Crippen LogP contribution in [-0.4, -0.2) is 28.0 Å². The molecule has 2 aliphatic heterocycles. The first-order valence-electron chi connectivity index (χ1n) is 8.96. The average Bonchev–Trinajstić information content (AvgIpc) is 3.04. The van der Waals surface area contributed by atoms with Crippen LogP contribution in [0, 0.1) is 0 Å². The topological polar surface area (TPSA) is 34.5 Å². The average molecular weight is 367 g/mol. The fourth-order valence-electron chi connectivity index (χ4n) is 4.12. The third-order valence-corrected chi connectivity index (χ3v) is 5.70. The van der Waals surface area contributed by atoms with Crippen LogP contribution in [0.3, 0.4) is 0 Å². The Hall–Kier alpha value is -2.46. The van der Waals surface area contributed by atoms with Crippen molar-refractivity contribution in [3.05, 3.63) is 64.3 Å². The van der Waals surface area contributed by atoms with E-state index in [0.29, 0.717) is 23.8 Å². The molecule has 0 N–H and O–H groups in total. The molecule has 132 valence electrons. The summed E-state index contributed by atoms with van der Waals surface area (Å²) in [7, 11) is 0. The lowest BCUT2D eigenvalue weighted by Crippen LogP contribution is -2.37. The first kappa shape index (κ1) is 15.8. The fourth-order valence-corrected chi connectivity index (χ4v) is 4.33. The summed E-state index contributed by atoms with van der Waals surface area (Å²) < 4.78 is 8.02. The molecule has 1 amide bonds. The molecule has 0 saturated heterocycles. The van der Waals surface area contributed by atoms with Crippen molar-refractivity contribution in [2.45, 2.75) is 32.5 Å². The lowest BCUT2D eigenvalue weighted by atomic mass is 10.00. The van der Waals surface area contributed by atoms with E-state index in [2.05, 4.69) is 22.8 Å². The third-order valence-electron chi connectivity index (χ3n) is 5.37. The molecule has 2 aliphatic rings. The minimum atomic E-state index is 0.0212. The zero-order valence-corrected chi connectivity index (χ0v) is 15.3. The van der Waals surface area contributed by atoms with E-state index in [-0.39, 0.29) is 12.0 Å². The van der Waals surface area contributed by atoms with Crippen LogP contribution in [0.2, 0.25) is 5.02 Å². The fraction of sp³-hybridized carbons (Fsp3) is 0.286. The van der Waals surface area contributed by atoms with E-state index in [1.807, 2.05) is 36.1 Å². The molecule has 0 bridgehead atoms. The van der Waals surface area contributed by atoms with Crippen molar-refractivity contribution in [2.75, 3.05) is 6.54 Å². The second-order valence-corrected chi connectivity index (χ2v) is 7.53. The SMILES string of the molecule is CC1Cn2c(C(=O)N3CCc4ccccc4C3)cc3c(Cl)ccc(c32)O1. The summed E-state index contributed by atoms with van der Waals surface area (Å²) in [6, 6.07) is 14.0. The van der Waals surface area contributed by atoms with Gasteiger partial charge in [0.2, 0.25) is 0 Å². The van der Waals surface area contributed by atoms with E-state index < -0.39 is 0 Å². The van der Waals surface area contributed by atoms with E-state index in [0.717, 1.165) is 29.6 Å². The molecule has 3 heterocycles. The van der Waals surface area contributed by atoms with Crippen molar-refractivity contribution in [3.8, 4) is 5.75 Å². The van der Waals surface area contributed by atoms with E-state index >= 15 is 0 Å². The van der Waals surface area contributed by atoms with Crippen molar-refractivity contribution in [1.29, 1.82) is 0 Å². The van der Waals surface area contributed by atoms with E-state index in [1.54, 1.807) is 0 Å². The van der Waals surface area contributed by atoms with Gasteiger partial charge in [0.15, 0.2) is 0 Å². The molecule has 1 unspecified atom stereocenters. The number of halogens is 1. The molecule has 5 rings (SSSR count). The number of carbonyl (C=O) groups is 1. The van der Waals surface area contributed by atoms with Gasteiger partial charge in [-0.3, -0.25) is 4.79 Å². The van der Waals surface area contributed by atoms with Crippen LogP contribution in [0.25, 0.3) is 10.9 Å². The predicted octanol–water partition coefficient (Wildman–Crippen LogP) is 4.27. The standard InChI is InChI=1S/C21H19ClN2O2/c1-13-11-24-18(10-16-17(22)6-7-19(26-13)20(16)24)21(25)23-9-8-14-4-2-3-5-15(14)12-23/h2-7,10,13H,8-9,11-12H2,1H3. The Morgan fingerprint density at radius 1 is 1.19 bits per heavy atom. The summed E-state index contributed by atoms with van der Waals surface area (Å²) in [4.78, 5) is 15.3. The van der Waals surface area contributed by atoms with Crippen LogP contribution in [0.15, 0.2) is 42.5 Å². The molecule has 0 aliphatic carbocycles. The molecule has 1 aromatic heterocycles. The first-order valence-corrected chi connectivity index (χ1v) is 9.34. The van der Waals surface area contributed by atoms with Gasteiger partial charge in [0.25, 0.3) is 5.91 Å². The van der Waals surface area contributed by atoms with Crippen LogP contribution in [0.4, 0.5) is 0 Å². The highest BCUT2D eigenvalue weighted by Crippen LogP contribution is 2.38. The molecular formula is C21H19ClN2O2. The summed E-state index contributed by atoms with van der Waals surface area (Å²) in [5.41, 5.74) is 4.20. The number of fused-ring (bicyclic) bond motifs is 1. The minimum Gasteiger partial charge on any atom is -0.487 e. The molecule has 4 nitrogen and oxygen atoms in total. The van der Waals surface area contributed by atoms with Crippen molar-refractivity contribution < 1.29 is 9.53 Å². The number of rotatable bonds is 1. The van der Waals surface area contributed by atoms with Crippen LogP contribution in [0.5, 0.6) is 5.75 Å². The molecule has 2 aromatic carbocycles. The second kappa shape index (κ2) is 5.78. The van der Waals surface area contributed by atoms with Crippen molar-refractivity contribution >= 4 is 28.4 Å². The number of benzene rings is 2. The van der Waals surface area contributed by atoms with Gasteiger partial charge in [-0.05, 0) is 42.7 Å². The lowest BCUT2D eigenvalue weighted by Gasteiger charge is -2.30. The number of amides is 1. The smallest absolute Gasteiger partial charge is 0.270 e. The second-order valence-electron chi connectivity index (χ2n) is 7.12. The van der Waals surface area contributed by atoms with Gasteiger partial charge in [-0.2, -0.15) is 0 Å². The Morgan fingerprint density at radius 3 is 2.85 bits per heavy atom. The van der Waals surface area contributed by atoms with Crippen LogP contribution in [-0.2, 0) is 19.5 Å². The maximum Gasteiger partial charge on any atom is 0.270 e. The van der Waals surface area contributed by atoms with E-state index in [1.165, 1.54) is 11.1 Å². The molecule has 0 spiro atoms. The summed E-state index contributed by atoms with van der Waals surface area (Å²) in [5, 5.41) is 1.54. The van der Waals surface area contributed by atoms with Crippen molar-refractivity contribution in [2.24, 2.45) is 0 Å². The Kier molecular flexibility index (Phi) is 3.50. The number of hydrogen-bond donors (Lipinski definition) is 0. The maximum absolute atomic E-state index is 13.3. The van der Waals surface area contributed by atoms with Crippen LogP contribution < -0.4 is 4.74 Å². The van der Waals surface area contributed by atoms with Gasteiger partial charge >= 0.3 is 0 Å². The van der Waals surface area contributed by atoms with Gasteiger partial charge in [-0.15, -0.1) is 0 Å². The Morgan fingerprint density at radius 2 is 2.00 bits per heavy atom. The Bertz CT molecular complexity index is 1040. The Balaban J connectivity index is 1.58. The molecule has 5 heteroatoms. The van der Waals surface area contributed by atoms with Crippen molar-refractivity contribution in [3.63, 3.8) is 0 Å². The Labute approximate surface area is 156 Å². The lowest BCUT2D eigenvalue weighted by molar-refractivity contribution is 0.0719. The minimum absolute atomic E-state index is 0.0212. The molecule has 3 aromatic rings. The maximum atomic E-state index is 13.3. The summed E-state index contributed by atoms with van der Waals surface area (Å²) in [6.07, 6.45) is 0.918. The number of nitrogens with zero attached hydrogens (tertiary/aromatic N) is 2. The monoisotopic (exact) mass is 366 g/mol. The van der Waals surface area contributed by atoms with Gasteiger partial charge < -0.3 is 14.2 Å². The predicted molar refractivity (Wildman–Crippen MR) is 102 cm³/mol. The van der Waals surface area contributed by atoms with Crippen molar-refractivity contribution in [1.82, 2.24) is 9.47 Å². The van der Waals surface area contributed by atoms with E-state index in [9.17, 15) is 4.79 Å². The van der Waals surface area contributed by atoms with Crippen LogP contribution in [0.1, 0.15) is 28.5 Å². The number of hydrogen-bond acceptors (Lipinski definition) is 2. The number of aromatic nitrogens is 1. The molecular weight excluding hydrogens is 348 g/mol. The summed E-state index contributed by atoms with van der Waals surface area (Å²) >= 11 is 6.40. The normalized spacial score (nSPS) is 18.5. The highest BCUT2D eigenvalue weighted by atomic mass is 35.5. The quantitative estimate of drug-likeness (QED) is 0.644. The van der Waals surface area contributed by atoms with Gasteiger partial charge in [-0.1, -0.05) is 35.9 Å². The summed E-state index contributed by atoms with van der Waals surface area (Å²) in [5.74, 6) is 0.859. The molecule has 0 radical (unpaired) electrons. The first-order chi connectivity index (χ1) is 12.6. The number of ether oxygens (including phenoxy) is 1. The molecule has 0 fully saturated rings. The highest BCUT2D eigenvalue weighted by Gasteiger charge is 2.29. The summed E-state index contributed by atoms with van der Waals surface area (Å²) in [6.45, 7) is 4.07. The molecule has 1 atom stereocenters. The van der Waals surface area contributed by atoms with Gasteiger partial charge in [-0.25, -0.2) is 0 Å². The van der Waals surface area contributed by atoms with E-state index in [4.69, 9.17) is 16.3 Å². The number of carbonyl (C=O) groups excluding carboxylic acids is 1. The largest absolute Gasteiger partial charge is 0.487 e. The zero-order chi connectivity index (χ0) is 17.8. The van der Waals surface area contributed by atoms with Gasteiger partial charge in [0, 0.05) is 18.5 Å². The van der Waals surface area contributed by atoms with Gasteiger partial charge in [0.05, 0.1) is 17.1 Å². The highest BCUT2D eigenvalue weighted by molar-refractivity contribution is 6.36.